The Balaban J connectivity index is 0.000000209. The number of sulfonamides is 1. The minimum atomic E-state index is -3.89. The van der Waals surface area contributed by atoms with E-state index in [1.807, 2.05) is 75.2 Å². The molecule has 0 saturated carbocycles. The molecule has 10 nitrogen and oxygen atoms in total. The molecule has 46 heavy (non-hydrogen) atoms. The van der Waals surface area contributed by atoms with Crippen LogP contribution in [0.1, 0.15) is 11.1 Å². The molecule has 1 fully saturated rings. The van der Waals surface area contributed by atoms with Gasteiger partial charge in [-0.05, 0) is 85.3 Å². The first-order valence-corrected chi connectivity index (χ1v) is 16.4. The summed E-state index contributed by atoms with van der Waals surface area (Å²) in [7, 11) is 4.00. The molecule has 2 N–H and O–H groups in total. The summed E-state index contributed by atoms with van der Waals surface area (Å²) < 4.78 is 31.6. The number of nitrogens with one attached hydrogen (secondary N) is 2. The average Bonchev–Trinajstić information content (AvgIpc) is 3.05. The van der Waals surface area contributed by atoms with E-state index in [1.165, 1.54) is 23.5 Å². The number of aryl methyl sites for hydroxylation is 1. The summed E-state index contributed by atoms with van der Waals surface area (Å²) in [6.45, 7) is 5.41. The molecule has 1 saturated heterocycles. The van der Waals surface area contributed by atoms with E-state index >= 15 is 0 Å². The van der Waals surface area contributed by atoms with Crippen molar-refractivity contribution in [3.63, 3.8) is 0 Å². The maximum absolute atomic E-state index is 12.1. The Morgan fingerprint density at radius 3 is 1.87 bits per heavy atom. The fourth-order valence-electron chi connectivity index (χ4n) is 4.48. The first-order chi connectivity index (χ1) is 22.0. The van der Waals surface area contributed by atoms with Crippen LogP contribution in [0.15, 0.2) is 107 Å². The Labute approximate surface area is 272 Å². The van der Waals surface area contributed by atoms with Crippen molar-refractivity contribution in [1.29, 1.82) is 0 Å². The lowest BCUT2D eigenvalue weighted by molar-refractivity contribution is 0.122. The standard InChI is InChI=1S/C19H23N3O.C16H19N3O3S/c1-21(2)18-9-5-17(6-10-18)20-15-16-3-7-19(8-4-16)22-11-13-23-14-12-22;1-12-4-10-15(11-5-12)23(21,22)18-16(20)17-13-6-8-14(9-7-13)19(2)3/h3-10,15H,11-14H2,1-2H3;4-11H,1-3H3,(H2,17,18,20). The zero-order valence-electron chi connectivity index (χ0n) is 27.0. The molecule has 242 valence electrons. The monoisotopic (exact) mass is 642 g/mol. The molecular formula is C35H42N6O4S. The third kappa shape index (κ3) is 10.1. The number of aliphatic imine (C=N–C) groups is 1. The van der Waals surface area contributed by atoms with Crippen LogP contribution in [0, 0.1) is 6.92 Å². The normalized spacial score (nSPS) is 13.0. The second-order valence-corrected chi connectivity index (χ2v) is 12.9. The quantitative estimate of drug-likeness (QED) is 0.230. The molecule has 0 unspecified atom stereocenters. The average molecular weight is 643 g/mol. The van der Waals surface area contributed by atoms with Crippen LogP contribution in [0.2, 0.25) is 0 Å². The highest BCUT2D eigenvalue weighted by molar-refractivity contribution is 7.90. The van der Waals surface area contributed by atoms with Gasteiger partial charge in [0.05, 0.1) is 23.8 Å². The Kier molecular flexibility index (Phi) is 11.8. The fraction of sp³-hybridized carbons (Fsp3) is 0.257. The van der Waals surface area contributed by atoms with E-state index in [0.717, 1.165) is 48.8 Å². The van der Waals surface area contributed by atoms with Crippen LogP contribution >= 0.6 is 0 Å². The minimum absolute atomic E-state index is 0.0428. The van der Waals surface area contributed by atoms with Gasteiger partial charge in [-0.1, -0.05) is 29.8 Å². The Hall–Kier alpha value is -4.87. The lowest BCUT2D eigenvalue weighted by Gasteiger charge is -2.28. The van der Waals surface area contributed by atoms with E-state index < -0.39 is 16.1 Å². The minimum Gasteiger partial charge on any atom is -0.378 e. The van der Waals surface area contributed by atoms with Gasteiger partial charge >= 0.3 is 6.03 Å². The van der Waals surface area contributed by atoms with E-state index in [2.05, 4.69) is 56.5 Å². The molecule has 1 aliphatic rings. The van der Waals surface area contributed by atoms with Gasteiger partial charge in [0.15, 0.2) is 0 Å². The van der Waals surface area contributed by atoms with Crippen molar-refractivity contribution in [2.45, 2.75) is 11.8 Å². The number of anilines is 4. The number of amides is 2. The summed E-state index contributed by atoms with van der Waals surface area (Å²) in [5.74, 6) is 0. The number of carbonyl (C=O) groups excluding carboxylic acids is 1. The van der Waals surface area contributed by atoms with Crippen LogP contribution in [-0.2, 0) is 14.8 Å². The molecule has 4 aromatic carbocycles. The topological polar surface area (TPSA) is 107 Å². The molecule has 0 atom stereocenters. The van der Waals surface area contributed by atoms with Crippen molar-refractivity contribution in [1.82, 2.24) is 4.72 Å². The number of nitrogens with zero attached hydrogens (tertiary/aromatic N) is 4. The molecule has 0 aromatic heterocycles. The number of rotatable bonds is 8. The molecule has 0 bridgehead atoms. The molecular weight excluding hydrogens is 600 g/mol. The Morgan fingerprint density at radius 2 is 1.33 bits per heavy atom. The molecule has 2 amide bonds. The number of morpholine rings is 1. The predicted octanol–water partition coefficient (Wildman–Crippen LogP) is 5.91. The molecule has 0 radical (unpaired) electrons. The van der Waals surface area contributed by atoms with Crippen LogP contribution in [0.25, 0.3) is 0 Å². The predicted molar refractivity (Wildman–Crippen MR) is 189 cm³/mol. The van der Waals surface area contributed by atoms with E-state index in [4.69, 9.17) is 4.74 Å². The lowest BCUT2D eigenvalue weighted by Crippen LogP contribution is -2.36. The summed E-state index contributed by atoms with van der Waals surface area (Å²) in [5.41, 5.74) is 6.93. The van der Waals surface area contributed by atoms with E-state index in [9.17, 15) is 13.2 Å². The Bertz CT molecular complexity index is 1680. The van der Waals surface area contributed by atoms with Crippen molar-refractivity contribution in [2.24, 2.45) is 4.99 Å². The van der Waals surface area contributed by atoms with Crippen LogP contribution in [0.3, 0.4) is 0 Å². The second kappa shape index (κ2) is 15.9. The maximum atomic E-state index is 12.1. The highest BCUT2D eigenvalue weighted by atomic mass is 32.2. The van der Waals surface area contributed by atoms with Crippen molar-refractivity contribution in [3.05, 3.63) is 108 Å². The third-order valence-corrected chi connectivity index (χ3v) is 8.54. The largest absolute Gasteiger partial charge is 0.378 e. The fourth-order valence-corrected chi connectivity index (χ4v) is 5.38. The van der Waals surface area contributed by atoms with Gasteiger partial charge in [0, 0.05) is 70.2 Å². The number of hydrogen-bond acceptors (Lipinski definition) is 8. The number of ether oxygens (including phenoxy) is 1. The van der Waals surface area contributed by atoms with Crippen LogP contribution < -0.4 is 24.7 Å². The maximum Gasteiger partial charge on any atom is 0.333 e. The van der Waals surface area contributed by atoms with Crippen molar-refractivity contribution in [3.8, 4) is 0 Å². The smallest absolute Gasteiger partial charge is 0.333 e. The zero-order valence-corrected chi connectivity index (χ0v) is 27.8. The molecule has 1 heterocycles. The lowest BCUT2D eigenvalue weighted by atomic mass is 10.2. The van der Waals surface area contributed by atoms with Crippen LogP contribution in [-0.4, -0.2) is 75.2 Å². The molecule has 5 rings (SSSR count). The van der Waals surface area contributed by atoms with Gasteiger partial charge < -0.3 is 24.8 Å². The molecule has 11 heteroatoms. The Morgan fingerprint density at radius 1 is 0.783 bits per heavy atom. The van der Waals surface area contributed by atoms with E-state index in [-0.39, 0.29) is 4.90 Å². The summed E-state index contributed by atoms with van der Waals surface area (Å²) in [5, 5.41) is 2.50. The van der Waals surface area contributed by atoms with Crippen molar-refractivity contribution in [2.75, 3.05) is 74.5 Å². The number of urea groups is 1. The zero-order chi connectivity index (χ0) is 33.1. The van der Waals surface area contributed by atoms with E-state index in [1.54, 1.807) is 24.3 Å². The third-order valence-electron chi connectivity index (χ3n) is 7.20. The summed E-state index contributed by atoms with van der Waals surface area (Å²) >= 11 is 0. The van der Waals surface area contributed by atoms with Gasteiger partial charge in [0.1, 0.15) is 0 Å². The molecule has 4 aromatic rings. The highest BCUT2D eigenvalue weighted by Gasteiger charge is 2.17. The SMILES string of the molecule is CN(C)c1ccc(N=Cc2ccc(N3CCOCC3)cc2)cc1.Cc1ccc(S(=O)(=O)NC(=O)Nc2ccc(N(C)C)cc2)cc1. The molecule has 1 aliphatic heterocycles. The molecule has 0 spiro atoms. The van der Waals surface area contributed by atoms with Gasteiger partial charge in [-0.15, -0.1) is 0 Å². The number of benzene rings is 4. The van der Waals surface area contributed by atoms with Gasteiger partial charge in [0.2, 0.25) is 0 Å². The van der Waals surface area contributed by atoms with Crippen molar-refractivity contribution >= 4 is 50.7 Å². The highest BCUT2D eigenvalue weighted by Crippen LogP contribution is 2.20. The van der Waals surface area contributed by atoms with Crippen LogP contribution in [0.4, 0.5) is 33.2 Å². The first kappa shape index (κ1) is 34.0. The van der Waals surface area contributed by atoms with Crippen LogP contribution in [0.5, 0.6) is 0 Å². The molecule has 0 aliphatic carbocycles. The first-order valence-electron chi connectivity index (χ1n) is 14.9. The van der Waals surface area contributed by atoms with Gasteiger partial charge in [0.25, 0.3) is 10.0 Å². The second-order valence-electron chi connectivity index (χ2n) is 11.2. The summed E-state index contributed by atoms with van der Waals surface area (Å²) in [4.78, 5) is 22.8. The number of hydrogen-bond donors (Lipinski definition) is 2. The number of carbonyl (C=O) groups is 1. The van der Waals surface area contributed by atoms with Gasteiger partial charge in [-0.3, -0.25) is 4.99 Å². The van der Waals surface area contributed by atoms with Gasteiger partial charge in [-0.25, -0.2) is 17.9 Å². The van der Waals surface area contributed by atoms with Gasteiger partial charge in [-0.2, -0.15) is 0 Å². The summed E-state index contributed by atoms with van der Waals surface area (Å²) in [6, 6.07) is 29.3. The van der Waals surface area contributed by atoms with E-state index in [0.29, 0.717) is 5.69 Å². The summed E-state index contributed by atoms with van der Waals surface area (Å²) in [6.07, 6.45) is 1.91. The van der Waals surface area contributed by atoms with Crippen molar-refractivity contribution < 1.29 is 17.9 Å².